The van der Waals surface area contributed by atoms with Gasteiger partial charge >= 0.3 is 6.18 Å². The van der Waals surface area contributed by atoms with E-state index in [4.69, 9.17) is 17.3 Å². The van der Waals surface area contributed by atoms with Crippen molar-refractivity contribution in [1.82, 2.24) is 39.4 Å². The van der Waals surface area contributed by atoms with Crippen molar-refractivity contribution in [3.8, 4) is 17.1 Å². The molecule has 2 saturated heterocycles. The number of rotatable bonds is 6. The van der Waals surface area contributed by atoms with Crippen LogP contribution in [0.3, 0.4) is 0 Å². The van der Waals surface area contributed by atoms with Gasteiger partial charge in [0.2, 0.25) is 5.91 Å². The summed E-state index contributed by atoms with van der Waals surface area (Å²) in [7, 11) is 1.41. The van der Waals surface area contributed by atoms with Gasteiger partial charge in [-0.3, -0.25) is 14.4 Å². The summed E-state index contributed by atoms with van der Waals surface area (Å²) < 4.78 is 44.2. The van der Waals surface area contributed by atoms with E-state index in [0.717, 1.165) is 30.2 Å². The largest absolute Gasteiger partial charge is 0.435 e. The van der Waals surface area contributed by atoms with Gasteiger partial charge in [0.05, 0.1) is 39.9 Å². The summed E-state index contributed by atoms with van der Waals surface area (Å²) in [5.74, 6) is -1.04. The van der Waals surface area contributed by atoms with E-state index in [1.165, 1.54) is 48.1 Å². The number of nitrogen functional groups attached to an aromatic ring is 1. The van der Waals surface area contributed by atoms with Gasteiger partial charge in [-0.05, 0) is 43.2 Å². The van der Waals surface area contributed by atoms with Crippen LogP contribution in [0.15, 0.2) is 48.9 Å². The van der Waals surface area contributed by atoms with Crippen molar-refractivity contribution in [2.45, 2.75) is 19.0 Å². The molecule has 1 aromatic carbocycles. The van der Waals surface area contributed by atoms with E-state index >= 15 is 0 Å². The second-order valence-electron chi connectivity index (χ2n) is 11.6. The minimum atomic E-state index is -4.81. The molecule has 0 spiro atoms. The number of hydrogen-bond acceptors (Lipinski definition) is 8. The summed E-state index contributed by atoms with van der Waals surface area (Å²) in [6, 6.07) is 7.34. The zero-order chi connectivity index (χ0) is 34.2. The number of alkyl halides is 3. The maximum absolute atomic E-state index is 14.0. The van der Waals surface area contributed by atoms with Crippen LogP contribution in [0.25, 0.3) is 17.1 Å². The molecule has 3 amide bonds. The maximum atomic E-state index is 14.0. The molecule has 2 aliphatic rings. The average molecular weight is 685 g/mol. The zero-order valence-corrected chi connectivity index (χ0v) is 26.6. The summed E-state index contributed by atoms with van der Waals surface area (Å²) in [6.45, 7) is 3.77. The molecule has 5 heterocycles. The van der Waals surface area contributed by atoms with Gasteiger partial charge in [0.1, 0.15) is 0 Å². The number of nitrogens with zero attached hydrogens (tertiary/aromatic N) is 7. The highest BCUT2D eigenvalue weighted by Gasteiger charge is 2.39. The van der Waals surface area contributed by atoms with Crippen LogP contribution in [0.2, 0.25) is 5.02 Å². The van der Waals surface area contributed by atoms with Gasteiger partial charge in [0.25, 0.3) is 11.8 Å². The Balaban J connectivity index is 1.13. The number of aromatic nitrogens is 5. The number of piperazine rings is 1. The first-order valence-electron chi connectivity index (χ1n) is 15.2. The second-order valence-corrected chi connectivity index (χ2v) is 12.0. The van der Waals surface area contributed by atoms with E-state index in [2.05, 4.69) is 25.7 Å². The van der Waals surface area contributed by atoms with Gasteiger partial charge in [0, 0.05) is 64.1 Å². The van der Waals surface area contributed by atoms with Gasteiger partial charge in [-0.2, -0.15) is 18.3 Å². The second kappa shape index (κ2) is 13.3. The molecule has 0 bridgehead atoms. The first kappa shape index (κ1) is 33.0. The molecule has 17 heteroatoms. The third-order valence-corrected chi connectivity index (χ3v) is 8.79. The van der Waals surface area contributed by atoms with E-state index in [1.54, 1.807) is 4.90 Å². The monoisotopic (exact) mass is 684 g/mol. The molecule has 4 N–H and O–H groups in total. The topological polar surface area (TPSA) is 156 Å². The fourth-order valence-electron chi connectivity index (χ4n) is 5.89. The lowest BCUT2D eigenvalue weighted by Gasteiger charge is -2.35. The Morgan fingerprint density at radius 1 is 1.00 bits per heavy atom. The van der Waals surface area contributed by atoms with Gasteiger partial charge in [-0.1, -0.05) is 11.6 Å². The zero-order valence-electron chi connectivity index (χ0n) is 25.8. The minimum absolute atomic E-state index is 0.00782. The van der Waals surface area contributed by atoms with Crippen molar-refractivity contribution in [3.05, 3.63) is 71.0 Å². The fourth-order valence-corrected chi connectivity index (χ4v) is 6.15. The lowest BCUT2D eigenvalue weighted by Crippen LogP contribution is -2.50. The van der Waals surface area contributed by atoms with E-state index in [-0.39, 0.29) is 56.9 Å². The number of imidazole rings is 1. The van der Waals surface area contributed by atoms with Gasteiger partial charge in [0.15, 0.2) is 17.3 Å². The fraction of sp³-hybridized carbons (Fsp3) is 0.355. The number of amides is 3. The predicted molar refractivity (Wildman–Crippen MR) is 170 cm³/mol. The number of likely N-dealkylation sites (tertiary alicyclic amines) is 1. The van der Waals surface area contributed by atoms with Gasteiger partial charge < -0.3 is 30.7 Å². The van der Waals surface area contributed by atoms with Crippen LogP contribution >= 0.6 is 11.6 Å². The Morgan fingerprint density at radius 3 is 2.38 bits per heavy atom. The molecule has 0 saturated carbocycles. The summed E-state index contributed by atoms with van der Waals surface area (Å²) in [6.07, 6.45) is -0.0772. The third kappa shape index (κ3) is 6.71. The van der Waals surface area contributed by atoms with Crippen LogP contribution in [0.5, 0.6) is 0 Å². The summed E-state index contributed by atoms with van der Waals surface area (Å²) in [5.41, 5.74) is 4.98. The molecule has 0 aliphatic carbocycles. The van der Waals surface area contributed by atoms with Crippen LogP contribution in [-0.4, -0.2) is 91.1 Å². The van der Waals surface area contributed by atoms with Crippen LogP contribution in [0, 0.1) is 5.92 Å². The molecule has 4 aromatic rings. The predicted octanol–water partition coefficient (Wildman–Crippen LogP) is 3.46. The molecule has 3 aromatic heterocycles. The number of pyridine rings is 1. The minimum Gasteiger partial charge on any atom is -0.397 e. The molecule has 252 valence electrons. The number of nitrogens with two attached hydrogens (primary N) is 1. The number of halogens is 4. The van der Waals surface area contributed by atoms with Crippen molar-refractivity contribution < 1.29 is 27.6 Å². The molecule has 2 fully saturated rings. The molecule has 48 heavy (non-hydrogen) atoms. The summed E-state index contributed by atoms with van der Waals surface area (Å²) in [5, 5.41) is 9.68. The molecule has 2 aliphatic heterocycles. The first-order chi connectivity index (χ1) is 22.9. The number of nitrogens with one attached hydrogen (secondary N) is 2. The third-order valence-electron chi connectivity index (χ3n) is 8.47. The molecule has 13 nitrogen and oxygen atoms in total. The molecular formula is C31H32ClF3N10O3. The molecule has 0 unspecified atom stereocenters. The highest BCUT2D eigenvalue weighted by atomic mass is 35.5. The Hall–Kier alpha value is -4.96. The summed E-state index contributed by atoms with van der Waals surface area (Å²) >= 11 is 6.48. The van der Waals surface area contributed by atoms with Crippen molar-refractivity contribution in [2.24, 2.45) is 13.0 Å². The van der Waals surface area contributed by atoms with Crippen LogP contribution in [-0.2, 0) is 18.0 Å². The van der Waals surface area contributed by atoms with Crippen LogP contribution < -0.4 is 16.4 Å². The molecule has 6 rings (SSSR count). The number of hydrogen-bond donors (Lipinski definition) is 3. The number of anilines is 2. The lowest BCUT2D eigenvalue weighted by molar-refractivity contribution is -0.141. The van der Waals surface area contributed by atoms with Crippen molar-refractivity contribution in [1.29, 1.82) is 0 Å². The van der Waals surface area contributed by atoms with Crippen LogP contribution in [0.4, 0.5) is 24.5 Å². The first-order valence-corrected chi connectivity index (χ1v) is 15.6. The van der Waals surface area contributed by atoms with E-state index in [9.17, 15) is 27.6 Å². The smallest absolute Gasteiger partial charge is 0.397 e. The highest BCUT2D eigenvalue weighted by molar-refractivity contribution is 6.34. The van der Waals surface area contributed by atoms with Crippen molar-refractivity contribution in [2.75, 3.05) is 50.3 Å². The molecule has 0 radical (unpaired) electrons. The normalized spacial score (nSPS) is 15.9. The Kier molecular flexibility index (Phi) is 9.11. The number of piperidine rings is 1. The quantitative estimate of drug-likeness (QED) is 0.279. The van der Waals surface area contributed by atoms with Gasteiger partial charge in [-0.15, -0.1) is 0 Å². The van der Waals surface area contributed by atoms with E-state index < -0.39 is 17.8 Å². The Labute approximate surface area is 277 Å². The molecule has 0 atom stereocenters. The van der Waals surface area contributed by atoms with Crippen LogP contribution in [0.1, 0.15) is 39.5 Å². The van der Waals surface area contributed by atoms with Gasteiger partial charge in [-0.25, -0.2) is 14.6 Å². The van der Waals surface area contributed by atoms with Crippen molar-refractivity contribution in [3.63, 3.8) is 0 Å². The van der Waals surface area contributed by atoms with E-state index in [0.29, 0.717) is 44.7 Å². The standard InChI is InChI=1S/C31H32ClF3N10O3/c1-42-24(22-17-45(41-26(22)31(33,34)35)25-5-2-19(36)15-38-25)16-39-27(42)28(46)40-20-3-4-21(23(32)14-20)30(48)43-10-6-18(7-11-43)29(47)44-12-8-37-9-13-44/h2-5,14-18,37H,6-13,36H2,1H3,(H,40,46). The SMILES string of the molecule is Cn1c(-c2cn(-c3ccc(N)cn3)nc2C(F)(F)F)cnc1C(=O)Nc1ccc(C(=O)N2CCC(C(=O)N3CCNCC3)CC2)c(Cl)c1. The maximum Gasteiger partial charge on any atom is 0.435 e. The molecular weight excluding hydrogens is 653 g/mol. The van der Waals surface area contributed by atoms with Crippen molar-refractivity contribution >= 4 is 40.7 Å². The van der Waals surface area contributed by atoms with E-state index in [1.807, 2.05) is 4.90 Å². The summed E-state index contributed by atoms with van der Waals surface area (Å²) in [4.78, 5) is 51.0. The lowest BCUT2D eigenvalue weighted by atomic mass is 9.94. The Bertz CT molecular complexity index is 1840. The Morgan fingerprint density at radius 2 is 1.73 bits per heavy atom. The number of carbonyl (C=O) groups excluding carboxylic acids is 3. The average Bonchev–Trinajstić information content (AvgIpc) is 3.69. The number of benzene rings is 1. The number of carbonyl (C=O) groups is 3. The highest BCUT2D eigenvalue weighted by Crippen LogP contribution is 2.37.